The van der Waals surface area contributed by atoms with Crippen LogP contribution in [0.2, 0.25) is 0 Å². The maximum Gasteiger partial charge on any atom is 0.0284 e. The van der Waals surface area contributed by atoms with Gasteiger partial charge in [0.15, 0.2) is 0 Å². The molecule has 1 aliphatic rings. The fourth-order valence-corrected chi connectivity index (χ4v) is 1.91. The third-order valence-electron chi connectivity index (χ3n) is 2.53. The number of nitrogens with zero attached hydrogens (tertiary/aromatic N) is 1. The third kappa shape index (κ3) is 2.25. The minimum atomic E-state index is 0.797. The molecule has 1 unspecified atom stereocenters. The average Bonchev–Trinajstić information content (AvgIpc) is 2.06. The van der Waals surface area contributed by atoms with E-state index in [1.807, 2.05) is 6.20 Å². The van der Waals surface area contributed by atoms with Crippen molar-refractivity contribution in [3.8, 4) is 0 Å². The molecule has 0 aromatic rings. The normalized spacial score (nSPS) is 25.2. The molecule has 1 rings (SSSR count). The molecular formula is C10H19N. The lowest BCUT2D eigenvalue weighted by Crippen LogP contribution is -2.34. The van der Waals surface area contributed by atoms with Crippen LogP contribution in [-0.2, 0) is 0 Å². The highest BCUT2D eigenvalue weighted by Gasteiger charge is 2.17. The van der Waals surface area contributed by atoms with Crippen LogP contribution in [0.15, 0.2) is 12.8 Å². The van der Waals surface area contributed by atoms with Gasteiger partial charge < -0.3 is 4.90 Å². The Morgan fingerprint density at radius 1 is 1.55 bits per heavy atom. The van der Waals surface area contributed by atoms with Crippen molar-refractivity contribution in [2.45, 2.75) is 45.1 Å². The van der Waals surface area contributed by atoms with E-state index in [2.05, 4.69) is 18.4 Å². The van der Waals surface area contributed by atoms with Gasteiger partial charge in [-0.05, 0) is 31.9 Å². The Morgan fingerprint density at radius 2 is 2.36 bits per heavy atom. The molecule has 0 aliphatic carbocycles. The number of likely N-dealkylation sites (tertiary alicyclic amines) is 1. The van der Waals surface area contributed by atoms with Crippen molar-refractivity contribution in [1.29, 1.82) is 0 Å². The van der Waals surface area contributed by atoms with Crippen LogP contribution in [0.5, 0.6) is 0 Å². The van der Waals surface area contributed by atoms with Crippen molar-refractivity contribution in [2.24, 2.45) is 0 Å². The van der Waals surface area contributed by atoms with E-state index in [1.165, 1.54) is 38.6 Å². The summed E-state index contributed by atoms with van der Waals surface area (Å²) >= 11 is 0. The molecule has 0 saturated carbocycles. The quantitative estimate of drug-likeness (QED) is 0.602. The lowest BCUT2D eigenvalue weighted by molar-refractivity contribution is 0.202. The maximum absolute atomic E-state index is 3.84. The molecule has 0 aromatic heterocycles. The van der Waals surface area contributed by atoms with E-state index in [4.69, 9.17) is 0 Å². The Morgan fingerprint density at radius 3 is 3.00 bits per heavy atom. The first-order chi connectivity index (χ1) is 5.38. The minimum absolute atomic E-state index is 0.797. The molecule has 0 bridgehead atoms. The van der Waals surface area contributed by atoms with Crippen molar-refractivity contribution in [2.75, 3.05) is 6.54 Å². The van der Waals surface area contributed by atoms with Gasteiger partial charge in [0, 0.05) is 12.6 Å². The molecule has 0 radical (unpaired) electrons. The highest BCUT2D eigenvalue weighted by Crippen LogP contribution is 2.20. The Bertz CT molecular complexity index is 118. The average molecular weight is 153 g/mol. The number of hydrogen-bond acceptors (Lipinski definition) is 1. The van der Waals surface area contributed by atoms with E-state index in [9.17, 15) is 0 Å². The van der Waals surface area contributed by atoms with Crippen molar-refractivity contribution in [1.82, 2.24) is 4.90 Å². The standard InChI is InChI=1S/C10H19N/c1-3-7-10-8-5-6-9-11(10)4-2/h4,10H,2-3,5-9H2,1H3. The summed E-state index contributed by atoms with van der Waals surface area (Å²) in [7, 11) is 0. The van der Waals surface area contributed by atoms with Crippen LogP contribution in [0.3, 0.4) is 0 Å². The predicted octanol–water partition coefficient (Wildman–Crippen LogP) is 2.78. The lowest BCUT2D eigenvalue weighted by atomic mass is 9.99. The Hall–Kier alpha value is -0.460. The molecule has 1 saturated heterocycles. The zero-order valence-electron chi connectivity index (χ0n) is 7.55. The van der Waals surface area contributed by atoms with Gasteiger partial charge in [-0.25, -0.2) is 0 Å². The summed E-state index contributed by atoms with van der Waals surface area (Å²) in [6.45, 7) is 7.33. The summed E-state index contributed by atoms with van der Waals surface area (Å²) in [5, 5.41) is 0. The molecule has 1 nitrogen and oxygen atoms in total. The fourth-order valence-electron chi connectivity index (χ4n) is 1.91. The molecular weight excluding hydrogens is 134 g/mol. The minimum Gasteiger partial charge on any atom is -0.375 e. The van der Waals surface area contributed by atoms with Gasteiger partial charge in [0.25, 0.3) is 0 Å². The van der Waals surface area contributed by atoms with Gasteiger partial charge in [-0.2, -0.15) is 0 Å². The summed E-state index contributed by atoms with van der Waals surface area (Å²) in [6.07, 6.45) is 8.79. The second-order valence-electron chi connectivity index (χ2n) is 3.36. The van der Waals surface area contributed by atoms with Crippen LogP contribution in [0, 0.1) is 0 Å². The first kappa shape index (κ1) is 8.63. The van der Waals surface area contributed by atoms with Crippen LogP contribution >= 0.6 is 0 Å². The molecule has 0 amide bonds. The Labute approximate surface area is 70.1 Å². The second kappa shape index (κ2) is 4.42. The van der Waals surface area contributed by atoms with Crippen molar-refractivity contribution >= 4 is 0 Å². The monoisotopic (exact) mass is 153 g/mol. The zero-order valence-corrected chi connectivity index (χ0v) is 7.55. The summed E-state index contributed by atoms with van der Waals surface area (Å²) < 4.78 is 0. The number of hydrogen-bond donors (Lipinski definition) is 0. The molecule has 1 atom stereocenters. The highest BCUT2D eigenvalue weighted by atomic mass is 15.1. The summed E-state index contributed by atoms with van der Waals surface area (Å²) in [6, 6.07) is 0.797. The third-order valence-corrected chi connectivity index (χ3v) is 2.53. The van der Waals surface area contributed by atoms with Crippen LogP contribution < -0.4 is 0 Å². The molecule has 0 N–H and O–H groups in total. The topological polar surface area (TPSA) is 3.24 Å². The summed E-state index contributed by atoms with van der Waals surface area (Å²) in [5.41, 5.74) is 0. The SMILES string of the molecule is C=CN1CCCCC1CCC. The van der Waals surface area contributed by atoms with E-state index in [-0.39, 0.29) is 0 Å². The van der Waals surface area contributed by atoms with Gasteiger partial charge in [-0.1, -0.05) is 19.9 Å². The molecule has 0 spiro atoms. The van der Waals surface area contributed by atoms with Crippen molar-refractivity contribution < 1.29 is 0 Å². The van der Waals surface area contributed by atoms with Gasteiger partial charge in [0.2, 0.25) is 0 Å². The molecule has 0 aromatic carbocycles. The van der Waals surface area contributed by atoms with E-state index in [1.54, 1.807) is 0 Å². The first-order valence-corrected chi connectivity index (χ1v) is 4.76. The highest BCUT2D eigenvalue weighted by molar-refractivity contribution is 4.82. The van der Waals surface area contributed by atoms with Crippen LogP contribution in [0.1, 0.15) is 39.0 Å². The second-order valence-corrected chi connectivity index (χ2v) is 3.36. The predicted molar refractivity (Wildman–Crippen MR) is 49.5 cm³/mol. The largest absolute Gasteiger partial charge is 0.375 e. The molecule has 1 fully saturated rings. The number of piperidine rings is 1. The Kier molecular flexibility index (Phi) is 3.47. The number of rotatable bonds is 3. The van der Waals surface area contributed by atoms with Gasteiger partial charge in [-0.15, -0.1) is 0 Å². The van der Waals surface area contributed by atoms with Crippen LogP contribution in [0.4, 0.5) is 0 Å². The van der Waals surface area contributed by atoms with Crippen LogP contribution in [-0.4, -0.2) is 17.5 Å². The van der Waals surface area contributed by atoms with Gasteiger partial charge in [0.1, 0.15) is 0 Å². The molecule has 1 aliphatic heterocycles. The molecule has 64 valence electrons. The van der Waals surface area contributed by atoms with Crippen LogP contribution in [0.25, 0.3) is 0 Å². The molecule has 1 heteroatoms. The van der Waals surface area contributed by atoms with Gasteiger partial charge in [-0.3, -0.25) is 0 Å². The zero-order chi connectivity index (χ0) is 8.10. The van der Waals surface area contributed by atoms with Crippen molar-refractivity contribution in [3.63, 3.8) is 0 Å². The van der Waals surface area contributed by atoms with E-state index >= 15 is 0 Å². The van der Waals surface area contributed by atoms with Crippen molar-refractivity contribution in [3.05, 3.63) is 12.8 Å². The van der Waals surface area contributed by atoms with E-state index in [0.29, 0.717) is 0 Å². The summed E-state index contributed by atoms with van der Waals surface area (Å²) in [5.74, 6) is 0. The van der Waals surface area contributed by atoms with E-state index in [0.717, 1.165) is 6.04 Å². The lowest BCUT2D eigenvalue weighted by Gasteiger charge is -2.34. The molecule has 1 heterocycles. The van der Waals surface area contributed by atoms with E-state index < -0.39 is 0 Å². The maximum atomic E-state index is 3.84. The fraction of sp³-hybridized carbons (Fsp3) is 0.800. The first-order valence-electron chi connectivity index (χ1n) is 4.76. The molecule has 11 heavy (non-hydrogen) atoms. The van der Waals surface area contributed by atoms with Gasteiger partial charge >= 0.3 is 0 Å². The smallest absolute Gasteiger partial charge is 0.0284 e. The Balaban J connectivity index is 2.37. The van der Waals surface area contributed by atoms with Gasteiger partial charge in [0.05, 0.1) is 0 Å². The summed E-state index contributed by atoms with van der Waals surface area (Å²) in [4.78, 5) is 2.41.